The maximum Gasteiger partial charge on any atom is 0.321 e. The molecule has 0 saturated carbocycles. The summed E-state index contributed by atoms with van der Waals surface area (Å²) in [5.74, 6) is -1.27. The topological polar surface area (TPSA) is 98.7 Å². The number of amides is 2. The van der Waals surface area contributed by atoms with Crippen LogP contribution in [0.3, 0.4) is 0 Å². The molecule has 0 fully saturated rings. The molecular formula is C10H19N3O4S. The number of hydrogen-bond acceptors (Lipinski definition) is 5. The fourth-order valence-corrected chi connectivity index (χ4v) is 1.44. The summed E-state index contributed by atoms with van der Waals surface area (Å²) in [5, 5.41) is 13.9. The van der Waals surface area contributed by atoms with Gasteiger partial charge in [0.2, 0.25) is 11.8 Å². The molecule has 0 spiro atoms. The summed E-state index contributed by atoms with van der Waals surface area (Å²) in [6, 6.07) is -0.691. The van der Waals surface area contributed by atoms with E-state index in [0.29, 0.717) is 5.88 Å². The van der Waals surface area contributed by atoms with Crippen LogP contribution in [0.1, 0.15) is 13.3 Å². The molecule has 0 heterocycles. The second-order valence-electron chi connectivity index (χ2n) is 3.80. The molecule has 18 heavy (non-hydrogen) atoms. The molecule has 0 aliphatic carbocycles. The van der Waals surface area contributed by atoms with Crippen molar-refractivity contribution in [1.29, 1.82) is 0 Å². The minimum Gasteiger partial charge on any atom is -0.480 e. The van der Waals surface area contributed by atoms with E-state index in [4.69, 9.17) is 5.11 Å². The molecule has 2 amide bonds. The molecule has 104 valence electrons. The Morgan fingerprint density at radius 3 is 2.39 bits per heavy atom. The standard InChI is InChI=1S/C10H19N3O4S/c1-7(14)12-5-9(15)11-4-3-8(10(16)17)13(2)6-18/h8,18H,3-6H2,1-2H3,(H,11,15)(H,12,14)(H,16,17)/t8-/m0/s1. The zero-order valence-corrected chi connectivity index (χ0v) is 11.4. The number of carbonyl (C=O) groups is 3. The van der Waals surface area contributed by atoms with Crippen LogP contribution in [0.25, 0.3) is 0 Å². The lowest BCUT2D eigenvalue weighted by atomic mass is 10.2. The Hall–Kier alpha value is -1.28. The fourth-order valence-electron chi connectivity index (χ4n) is 1.25. The van der Waals surface area contributed by atoms with Gasteiger partial charge in [0.15, 0.2) is 0 Å². The number of aliphatic carboxylic acids is 1. The minimum absolute atomic E-state index is 0.102. The molecule has 0 saturated heterocycles. The number of nitrogens with zero attached hydrogens (tertiary/aromatic N) is 1. The predicted octanol–water partition coefficient (Wildman–Crippen LogP) is -1.10. The van der Waals surface area contributed by atoms with Crippen LogP contribution in [0.15, 0.2) is 0 Å². The molecule has 0 radical (unpaired) electrons. The molecule has 0 aliphatic heterocycles. The Morgan fingerprint density at radius 1 is 1.33 bits per heavy atom. The van der Waals surface area contributed by atoms with E-state index in [1.807, 2.05) is 0 Å². The van der Waals surface area contributed by atoms with Gasteiger partial charge in [0, 0.05) is 19.3 Å². The van der Waals surface area contributed by atoms with Crippen molar-refractivity contribution in [2.24, 2.45) is 0 Å². The Morgan fingerprint density at radius 2 is 1.94 bits per heavy atom. The summed E-state index contributed by atoms with van der Waals surface area (Å²) >= 11 is 4.00. The summed E-state index contributed by atoms with van der Waals surface area (Å²) in [5.41, 5.74) is 0. The first kappa shape index (κ1) is 16.7. The number of nitrogens with one attached hydrogen (secondary N) is 2. The highest BCUT2D eigenvalue weighted by atomic mass is 32.1. The summed E-state index contributed by atoms with van der Waals surface area (Å²) in [6.45, 7) is 1.44. The summed E-state index contributed by atoms with van der Waals surface area (Å²) in [7, 11) is 1.64. The summed E-state index contributed by atoms with van der Waals surface area (Å²) in [4.78, 5) is 34.3. The first-order valence-corrected chi connectivity index (χ1v) is 6.06. The third-order valence-electron chi connectivity index (χ3n) is 2.28. The third kappa shape index (κ3) is 7.13. The third-order valence-corrected chi connectivity index (χ3v) is 2.72. The normalized spacial score (nSPS) is 12.0. The molecule has 0 aromatic heterocycles. The van der Waals surface area contributed by atoms with Gasteiger partial charge in [-0.2, -0.15) is 12.6 Å². The highest BCUT2D eigenvalue weighted by Gasteiger charge is 2.21. The molecule has 0 rings (SSSR count). The van der Waals surface area contributed by atoms with Gasteiger partial charge < -0.3 is 15.7 Å². The van der Waals surface area contributed by atoms with Crippen molar-refractivity contribution in [3.8, 4) is 0 Å². The van der Waals surface area contributed by atoms with Crippen LogP contribution in [0.2, 0.25) is 0 Å². The average molecular weight is 277 g/mol. The van der Waals surface area contributed by atoms with Crippen molar-refractivity contribution in [3.05, 3.63) is 0 Å². The van der Waals surface area contributed by atoms with Gasteiger partial charge in [-0.05, 0) is 13.5 Å². The zero-order chi connectivity index (χ0) is 14.1. The van der Waals surface area contributed by atoms with E-state index in [1.54, 1.807) is 11.9 Å². The van der Waals surface area contributed by atoms with Gasteiger partial charge in [0.05, 0.1) is 6.54 Å². The lowest BCUT2D eigenvalue weighted by Gasteiger charge is -2.22. The highest BCUT2D eigenvalue weighted by molar-refractivity contribution is 7.80. The molecule has 7 nitrogen and oxygen atoms in total. The van der Waals surface area contributed by atoms with E-state index in [-0.39, 0.29) is 31.3 Å². The number of carboxylic acids is 1. The van der Waals surface area contributed by atoms with Crippen LogP contribution in [0.5, 0.6) is 0 Å². The first-order valence-electron chi connectivity index (χ1n) is 5.43. The lowest BCUT2D eigenvalue weighted by Crippen LogP contribution is -2.42. The quantitative estimate of drug-likeness (QED) is 0.333. The Balaban J connectivity index is 3.96. The van der Waals surface area contributed by atoms with E-state index in [9.17, 15) is 14.4 Å². The van der Waals surface area contributed by atoms with Crippen molar-refractivity contribution in [2.75, 3.05) is 26.0 Å². The minimum atomic E-state index is -0.956. The monoisotopic (exact) mass is 277 g/mol. The predicted molar refractivity (Wildman–Crippen MR) is 69.4 cm³/mol. The van der Waals surface area contributed by atoms with Crippen LogP contribution in [0, 0.1) is 0 Å². The van der Waals surface area contributed by atoms with E-state index >= 15 is 0 Å². The smallest absolute Gasteiger partial charge is 0.321 e. The van der Waals surface area contributed by atoms with E-state index < -0.39 is 12.0 Å². The van der Waals surface area contributed by atoms with Crippen molar-refractivity contribution < 1.29 is 19.5 Å². The van der Waals surface area contributed by atoms with Gasteiger partial charge in [-0.15, -0.1) is 0 Å². The van der Waals surface area contributed by atoms with Crippen LogP contribution >= 0.6 is 12.6 Å². The number of hydrogen-bond donors (Lipinski definition) is 4. The SMILES string of the molecule is CC(=O)NCC(=O)NCC[C@@H](C(=O)O)N(C)CS. The van der Waals surface area contributed by atoms with Crippen LogP contribution in [0.4, 0.5) is 0 Å². The van der Waals surface area contributed by atoms with Crippen LogP contribution in [-0.4, -0.2) is 59.8 Å². The molecule has 8 heteroatoms. The summed E-state index contributed by atoms with van der Waals surface area (Å²) < 4.78 is 0. The molecule has 0 unspecified atom stereocenters. The van der Waals surface area contributed by atoms with Crippen LogP contribution < -0.4 is 10.6 Å². The largest absolute Gasteiger partial charge is 0.480 e. The molecule has 0 aromatic carbocycles. The molecule has 0 bridgehead atoms. The van der Waals surface area contributed by atoms with E-state index in [2.05, 4.69) is 23.3 Å². The number of likely N-dealkylation sites (N-methyl/N-ethyl adjacent to an activating group) is 1. The molecular weight excluding hydrogens is 258 g/mol. The number of carboxylic acid groups (broad SMARTS) is 1. The van der Waals surface area contributed by atoms with E-state index in [1.165, 1.54) is 6.92 Å². The maximum atomic E-state index is 11.2. The van der Waals surface area contributed by atoms with E-state index in [0.717, 1.165) is 0 Å². The van der Waals surface area contributed by atoms with Gasteiger partial charge in [0.25, 0.3) is 0 Å². The first-order chi connectivity index (χ1) is 8.38. The van der Waals surface area contributed by atoms with Crippen molar-refractivity contribution in [1.82, 2.24) is 15.5 Å². The second kappa shape index (κ2) is 8.76. The van der Waals surface area contributed by atoms with Gasteiger partial charge in [-0.25, -0.2) is 0 Å². The number of carbonyl (C=O) groups excluding carboxylic acids is 2. The lowest BCUT2D eigenvalue weighted by molar-refractivity contribution is -0.142. The molecule has 1 atom stereocenters. The van der Waals surface area contributed by atoms with Gasteiger partial charge in [-0.3, -0.25) is 19.3 Å². The molecule has 0 aromatic rings. The van der Waals surface area contributed by atoms with Crippen LogP contribution in [-0.2, 0) is 14.4 Å². The van der Waals surface area contributed by atoms with Crippen molar-refractivity contribution >= 4 is 30.4 Å². The highest BCUT2D eigenvalue weighted by Crippen LogP contribution is 2.02. The maximum absolute atomic E-state index is 11.2. The average Bonchev–Trinajstić information content (AvgIpc) is 2.30. The Bertz CT molecular complexity index is 311. The molecule has 0 aliphatic rings. The zero-order valence-electron chi connectivity index (χ0n) is 10.5. The summed E-state index contributed by atoms with van der Waals surface area (Å²) in [6.07, 6.45) is 0.276. The van der Waals surface area contributed by atoms with Crippen molar-refractivity contribution in [3.63, 3.8) is 0 Å². The fraction of sp³-hybridized carbons (Fsp3) is 0.700. The number of rotatable bonds is 8. The number of thiol groups is 1. The Kier molecular flexibility index (Phi) is 8.14. The van der Waals surface area contributed by atoms with Gasteiger partial charge >= 0.3 is 5.97 Å². The van der Waals surface area contributed by atoms with Gasteiger partial charge in [-0.1, -0.05) is 0 Å². The van der Waals surface area contributed by atoms with Crippen molar-refractivity contribution in [2.45, 2.75) is 19.4 Å². The Labute approximate surface area is 111 Å². The van der Waals surface area contributed by atoms with Gasteiger partial charge in [0.1, 0.15) is 6.04 Å². The molecule has 3 N–H and O–H groups in total. The second-order valence-corrected chi connectivity index (χ2v) is 4.08.